The van der Waals surface area contributed by atoms with Gasteiger partial charge >= 0.3 is 0 Å². The van der Waals surface area contributed by atoms with Crippen molar-refractivity contribution in [1.82, 2.24) is 4.98 Å². The smallest absolute Gasteiger partial charge is 0.255 e. The van der Waals surface area contributed by atoms with Gasteiger partial charge in [0.15, 0.2) is 0 Å². The number of pyridine rings is 1. The van der Waals surface area contributed by atoms with Crippen molar-refractivity contribution >= 4 is 22.4 Å². The molecule has 3 N–H and O–H groups in total. The van der Waals surface area contributed by atoms with Crippen molar-refractivity contribution in [2.24, 2.45) is 23.0 Å². The third-order valence-electron chi connectivity index (χ3n) is 7.55. The topological polar surface area (TPSA) is 77.3 Å². The van der Waals surface area contributed by atoms with Crippen LogP contribution in [0.1, 0.15) is 51.9 Å². The van der Waals surface area contributed by atoms with Gasteiger partial charge in [0.25, 0.3) is 5.56 Å². The number of hydrogen-bond donors (Lipinski definition) is 2. The first-order chi connectivity index (χ1) is 14.5. The number of aromatic nitrogens is 1. The van der Waals surface area contributed by atoms with Gasteiger partial charge in [-0.2, -0.15) is 0 Å². The first kappa shape index (κ1) is 21.7. The molecule has 0 radical (unpaired) electrons. The maximum atomic E-state index is 11.9. The number of nitrogens with one attached hydrogen (secondary N) is 1. The summed E-state index contributed by atoms with van der Waals surface area (Å²) in [5.41, 5.74) is 6.80. The number of hydrogen-bond acceptors (Lipinski definition) is 4. The van der Waals surface area contributed by atoms with Gasteiger partial charge in [-0.1, -0.05) is 18.5 Å². The summed E-state index contributed by atoms with van der Waals surface area (Å²) >= 11 is 6.39. The average molecular weight is 433 g/mol. The van der Waals surface area contributed by atoms with Crippen LogP contribution in [0.4, 0.5) is 0 Å². The molecule has 1 aliphatic heterocycles. The van der Waals surface area contributed by atoms with Crippen molar-refractivity contribution < 1.29 is 9.47 Å². The Balaban J connectivity index is 1.41. The van der Waals surface area contributed by atoms with Gasteiger partial charge in [0, 0.05) is 30.8 Å². The minimum absolute atomic E-state index is 0.134. The molecule has 6 heteroatoms. The molecule has 1 aromatic carbocycles. The molecule has 4 rings (SSSR count). The highest BCUT2D eigenvalue weighted by atomic mass is 35.5. The van der Waals surface area contributed by atoms with Crippen LogP contribution in [0.3, 0.4) is 0 Å². The molecule has 0 spiro atoms. The molecular formula is C24H33ClN2O3. The summed E-state index contributed by atoms with van der Waals surface area (Å²) in [5.74, 6) is 1.84. The lowest BCUT2D eigenvalue weighted by molar-refractivity contribution is -0.0334. The second kappa shape index (κ2) is 9.29. The normalized spacial score (nSPS) is 26.6. The minimum atomic E-state index is -0.134. The molecule has 164 valence electrons. The molecule has 2 fully saturated rings. The fourth-order valence-electron chi connectivity index (χ4n) is 5.65. The predicted molar refractivity (Wildman–Crippen MR) is 121 cm³/mol. The van der Waals surface area contributed by atoms with Crippen LogP contribution >= 0.6 is 11.6 Å². The number of ether oxygens (including phenoxy) is 2. The molecular weight excluding hydrogens is 400 g/mol. The molecule has 0 amide bonds. The summed E-state index contributed by atoms with van der Waals surface area (Å²) in [4.78, 5) is 14.6. The Morgan fingerprint density at radius 3 is 2.70 bits per heavy atom. The molecule has 2 heterocycles. The molecule has 1 saturated carbocycles. The number of benzene rings is 1. The van der Waals surface area contributed by atoms with E-state index < -0.39 is 0 Å². The van der Waals surface area contributed by atoms with E-state index in [2.05, 4.69) is 11.9 Å². The van der Waals surface area contributed by atoms with E-state index >= 15 is 0 Å². The van der Waals surface area contributed by atoms with Gasteiger partial charge in [0.1, 0.15) is 5.75 Å². The largest absolute Gasteiger partial charge is 0.492 e. The van der Waals surface area contributed by atoms with E-state index in [4.69, 9.17) is 26.8 Å². The van der Waals surface area contributed by atoms with E-state index in [1.807, 2.05) is 12.1 Å². The van der Waals surface area contributed by atoms with Gasteiger partial charge in [0.2, 0.25) is 0 Å². The van der Waals surface area contributed by atoms with Crippen LogP contribution in [0.2, 0.25) is 5.02 Å². The molecule has 1 aliphatic carbocycles. The zero-order chi connectivity index (χ0) is 21.1. The van der Waals surface area contributed by atoms with Crippen molar-refractivity contribution in [2.75, 3.05) is 19.8 Å². The van der Waals surface area contributed by atoms with Gasteiger partial charge in [-0.05, 0) is 85.8 Å². The summed E-state index contributed by atoms with van der Waals surface area (Å²) in [7, 11) is 0. The number of nitrogens with two attached hydrogens (primary N) is 1. The molecule has 1 atom stereocenters. The molecule has 1 aromatic heterocycles. The average Bonchev–Trinajstić information content (AvgIpc) is 2.79. The molecule has 30 heavy (non-hydrogen) atoms. The SMILES string of the molecule is CCC(N)C1(C2CCOCC2)CCC(COc2cc3cc[nH]c(=O)c3cc2Cl)CC1. The summed E-state index contributed by atoms with van der Waals surface area (Å²) in [5, 5.41) is 1.91. The Morgan fingerprint density at radius 2 is 2.00 bits per heavy atom. The fourth-order valence-corrected chi connectivity index (χ4v) is 5.87. The maximum Gasteiger partial charge on any atom is 0.255 e. The second-order valence-corrected chi connectivity index (χ2v) is 9.47. The van der Waals surface area contributed by atoms with Crippen LogP contribution in [0, 0.1) is 17.3 Å². The van der Waals surface area contributed by atoms with Gasteiger partial charge in [-0.15, -0.1) is 0 Å². The summed E-state index contributed by atoms with van der Waals surface area (Å²) in [6.45, 7) is 4.62. The van der Waals surface area contributed by atoms with Crippen molar-refractivity contribution in [2.45, 2.75) is 57.9 Å². The van der Waals surface area contributed by atoms with E-state index in [1.54, 1.807) is 12.3 Å². The first-order valence-corrected chi connectivity index (χ1v) is 11.7. The summed E-state index contributed by atoms with van der Waals surface area (Å²) < 4.78 is 11.7. The number of halogens is 1. The highest BCUT2D eigenvalue weighted by Gasteiger charge is 2.45. The van der Waals surface area contributed by atoms with Crippen LogP contribution in [0.25, 0.3) is 10.8 Å². The Kier molecular flexibility index (Phi) is 6.71. The van der Waals surface area contributed by atoms with E-state index in [0.29, 0.717) is 34.6 Å². The molecule has 1 unspecified atom stereocenters. The van der Waals surface area contributed by atoms with Crippen LogP contribution in [0.15, 0.2) is 29.2 Å². The Hall–Kier alpha value is -1.56. The van der Waals surface area contributed by atoms with E-state index in [1.165, 1.54) is 12.8 Å². The van der Waals surface area contributed by atoms with Crippen LogP contribution < -0.4 is 16.0 Å². The lowest BCUT2D eigenvalue weighted by Crippen LogP contribution is -2.50. The molecule has 5 nitrogen and oxygen atoms in total. The van der Waals surface area contributed by atoms with E-state index in [-0.39, 0.29) is 17.0 Å². The summed E-state index contributed by atoms with van der Waals surface area (Å²) in [6, 6.07) is 5.70. The monoisotopic (exact) mass is 432 g/mol. The third-order valence-corrected chi connectivity index (χ3v) is 7.84. The quantitative estimate of drug-likeness (QED) is 0.680. The standard InChI is InChI=1S/C24H33ClN2O3/c1-2-22(26)24(18-6-11-29-12-7-18)8-3-16(4-9-24)15-30-21-13-17-5-10-27-23(28)19(17)14-20(21)25/h5,10,13-14,16,18,22H,2-4,6-9,11-12,15,26H2,1H3,(H,27,28). The molecule has 2 aromatic rings. The molecule has 1 saturated heterocycles. The van der Waals surface area contributed by atoms with Gasteiger partial charge < -0.3 is 20.2 Å². The Bertz CT molecular complexity index is 914. The maximum absolute atomic E-state index is 11.9. The second-order valence-electron chi connectivity index (χ2n) is 9.07. The Morgan fingerprint density at radius 1 is 1.27 bits per heavy atom. The zero-order valence-electron chi connectivity index (χ0n) is 17.8. The number of H-pyrrole nitrogens is 1. The molecule has 2 aliphatic rings. The minimum Gasteiger partial charge on any atom is -0.492 e. The van der Waals surface area contributed by atoms with Crippen LogP contribution in [-0.2, 0) is 4.74 Å². The fraction of sp³-hybridized carbons (Fsp3) is 0.625. The highest BCUT2D eigenvalue weighted by molar-refractivity contribution is 6.32. The van der Waals surface area contributed by atoms with Crippen molar-refractivity contribution in [3.05, 3.63) is 39.8 Å². The van der Waals surface area contributed by atoms with Gasteiger partial charge in [-0.25, -0.2) is 0 Å². The highest BCUT2D eigenvalue weighted by Crippen LogP contribution is 2.50. The van der Waals surface area contributed by atoms with Crippen molar-refractivity contribution in [1.29, 1.82) is 0 Å². The van der Waals surface area contributed by atoms with Gasteiger partial charge in [0.05, 0.1) is 11.6 Å². The number of fused-ring (bicyclic) bond motifs is 1. The Labute approximate surface area is 183 Å². The van der Waals surface area contributed by atoms with Crippen molar-refractivity contribution in [3.63, 3.8) is 0 Å². The van der Waals surface area contributed by atoms with E-state index in [9.17, 15) is 4.79 Å². The number of aromatic amines is 1. The lowest BCUT2D eigenvalue weighted by atomic mass is 9.58. The predicted octanol–water partition coefficient (Wildman–Crippen LogP) is 4.90. The summed E-state index contributed by atoms with van der Waals surface area (Å²) in [6.07, 6.45) is 9.57. The van der Waals surface area contributed by atoms with Gasteiger partial charge in [-0.3, -0.25) is 4.79 Å². The lowest BCUT2D eigenvalue weighted by Gasteiger charge is -2.50. The van der Waals surface area contributed by atoms with Crippen molar-refractivity contribution in [3.8, 4) is 5.75 Å². The van der Waals surface area contributed by atoms with E-state index in [0.717, 1.165) is 50.7 Å². The molecule has 0 bridgehead atoms. The zero-order valence-corrected chi connectivity index (χ0v) is 18.5. The van der Waals surface area contributed by atoms with Crippen LogP contribution in [0.5, 0.6) is 5.75 Å². The first-order valence-electron chi connectivity index (χ1n) is 11.3. The third kappa shape index (κ3) is 4.25. The van der Waals surface area contributed by atoms with Crippen LogP contribution in [-0.4, -0.2) is 30.8 Å². The number of rotatable bonds is 6.